The number of halogens is 1. The molecular weight excluding hydrogens is 326 g/mol. The van der Waals surface area contributed by atoms with Crippen LogP contribution in [0.15, 0.2) is 34.8 Å². The molecule has 0 atom stereocenters. The van der Waals surface area contributed by atoms with Crippen molar-refractivity contribution >= 4 is 39.7 Å². The number of nitrogens with zero attached hydrogens (tertiary/aromatic N) is 1. The number of amides is 3. The van der Waals surface area contributed by atoms with Crippen molar-refractivity contribution < 1.29 is 14.4 Å². The van der Waals surface area contributed by atoms with Crippen molar-refractivity contribution in [2.24, 2.45) is 11.5 Å². The van der Waals surface area contributed by atoms with Crippen LogP contribution in [0.25, 0.3) is 6.08 Å². The lowest BCUT2D eigenvalue weighted by atomic mass is 10.2. The minimum Gasteiger partial charge on any atom is -0.368 e. The number of carbonyl (C=O) groups is 3. The number of benzene rings is 1. The maximum Gasteiger partial charge on any atom is 0.247 e. The van der Waals surface area contributed by atoms with Gasteiger partial charge >= 0.3 is 0 Å². The SMILES string of the molecule is NC(=O)CN(CC(N)=O)C(=O)C=Cc1ccccc1Br. The zero-order chi connectivity index (χ0) is 15.1. The lowest BCUT2D eigenvalue weighted by molar-refractivity contribution is -0.134. The molecule has 0 aliphatic carbocycles. The molecule has 1 aromatic rings. The van der Waals surface area contributed by atoms with Crippen molar-refractivity contribution in [2.45, 2.75) is 0 Å². The van der Waals surface area contributed by atoms with Crippen LogP contribution in [0.1, 0.15) is 5.56 Å². The van der Waals surface area contributed by atoms with E-state index in [9.17, 15) is 14.4 Å². The summed E-state index contributed by atoms with van der Waals surface area (Å²) < 4.78 is 0.820. The van der Waals surface area contributed by atoms with Crippen LogP contribution in [0.4, 0.5) is 0 Å². The Morgan fingerprint density at radius 3 is 2.15 bits per heavy atom. The van der Waals surface area contributed by atoms with E-state index in [4.69, 9.17) is 11.5 Å². The molecule has 0 spiro atoms. The van der Waals surface area contributed by atoms with E-state index in [0.717, 1.165) is 14.9 Å². The van der Waals surface area contributed by atoms with Gasteiger partial charge in [-0.1, -0.05) is 34.1 Å². The average molecular weight is 340 g/mol. The van der Waals surface area contributed by atoms with Gasteiger partial charge in [0.2, 0.25) is 17.7 Å². The van der Waals surface area contributed by atoms with Gasteiger partial charge in [0.25, 0.3) is 0 Å². The quantitative estimate of drug-likeness (QED) is 0.726. The van der Waals surface area contributed by atoms with E-state index in [-0.39, 0.29) is 13.1 Å². The highest BCUT2D eigenvalue weighted by Gasteiger charge is 2.15. The molecule has 106 valence electrons. The monoisotopic (exact) mass is 339 g/mol. The van der Waals surface area contributed by atoms with E-state index < -0.39 is 17.7 Å². The van der Waals surface area contributed by atoms with Crippen molar-refractivity contribution in [1.82, 2.24) is 4.90 Å². The molecule has 0 aliphatic rings. The molecule has 4 N–H and O–H groups in total. The molecule has 0 unspecified atom stereocenters. The smallest absolute Gasteiger partial charge is 0.247 e. The molecule has 3 amide bonds. The summed E-state index contributed by atoms with van der Waals surface area (Å²) >= 11 is 3.34. The van der Waals surface area contributed by atoms with Crippen molar-refractivity contribution in [3.8, 4) is 0 Å². The Labute approximate surface area is 124 Å². The largest absolute Gasteiger partial charge is 0.368 e. The highest BCUT2D eigenvalue weighted by Crippen LogP contribution is 2.17. The fraction of sp³-hybridized carbons (Fsp3) is 0.154. The molecule has 0 heterocycles. The van der Waals surface area contributed by atoms with E-state index >= 15 is 0 Å². The van der Waals surface area contributed by atoms with Crippen LogP contribution >= 0.6 is 15.9 Å². The molecule has 0 fully saturated rings. The second-order valence-corrected chi connectivity index (χ2v) is 4.84. The molecule has 6 nitrogen and oxygen atoms in total. The van der Waals surface area contributed by atoms with Crippen LogP contribution in [0.3, 0.4) is 0 Å². The number of nitrogens with two attached hydrogens (primary N) is 2. The fourth-order valence-corrected chi connectivity index (χ4v) is 1.88. The first-order valence-corrected chi connectivity index (χ1v) is 6.47. The van der Waals surface area contributed by atoms with Crippen LogP contribution in [-0.2, 0) is 14.4 Å². The molecule has 0 saturated carbocycles. The normalized spacial score (nSPS) is 10.4. The lowest BCUT2D eigenvalue weighted by Gasteiger charge is -2.17. The molecule has 7 heteroatoms. The highest BCUT2D eigenvalue weighted by molar-refractivity contribution is 9.10. The second kappa shape index (κ2) is 7.44. The zero-order valence-electron chi connectivity index (χ0n) is 10.6. The average Bonchev–Trinajstić information content (AvgIpc) is 2.35. The van der Waals surface area contributed by atoms with E-state index in [1.807, 2.05) is 18.2 Å². The number of rotatable bonds is 6. The first-order chi connectivity index (χ1) is 9.40. The van der Waals surface area contributed by atoms with Crippen LogP contribution in [0.2, 0.25) is 0 Å². The molecule has 1 rings (SSSR count). The van der Waals surface area contributed by atoms with E-state index in [2.05, 4.69) is 15.9 Å². The molecule has 20 heavy (non-hydrogen) atoms. The Morgan fingerprint density at radius 1 is 1.10 bits per heavy atom. The van der Waals surface area contributed by atoms with Gasteiger partial charge in [0.1, 0.15) is 13.1 Å². The van der Waals surface area contributed by atoms with E-state index in [1.165, 1.54) is 6.08 Å². The van der Waals surface area contributed by atoms with Gasteiger partial charge in [0, 0.05) is 10.5 Å². The van der Waals surface area contributed by atoms with Gasteiger partial charge in [-0.15, -0.1) is 0 Å². The van der Waals surface area contributed by atoms with Gasteiger partial charge in [-0.05, 0) is 17.7 Å². The summed E-state index contributed by atoms with van der Waals surface area (Å²) in [5, 5.41) is 0. The number of hydrogen-bond donors (Lipinski definition) is 2. The summed E-state index contributed by atoms with van der Waals surface area (Å²) in [7, 11) is 0. The Hall–Kier alpha value is -2.15. The summed E-state index contributed by atoms with van der Waals surface area (Å²) in [5.74, 6) is -1.94. The maximum atomic E-state index is 11.9. The standard InChI is InChI=1S/C13H14BrN3O3/c14-10-4-2-1-3-9(10)5-6-13(20)17(7-11(15)18)8-12(16)19/h1-6H,7-8H2,(H2,15,18)(H2,16,19). The molecule has 0 radical (unpaired) electrons. The van der Waals surface area contributed by atoms with Crippen molar-refractivity contribution in [3.05, 3.63) is 40.4 Å². The Bertz CT molecular complexity index is 542. The minimum atomic E-state index is -0.714. The molecule has 1 aromatic carbocycles. The van der Waals surface area contributed by atoms with Crippen LogP contribution < -0.4 is 11.5 Å². The number of hydrogen-bond acceptors (Lipinski definition) is 3. The number of carbonyl (C=O) groups excluding carboxylic acids is 3. The van der Waals surface area contributed by atoms with Gasteiger partial charge in [0.05, 0.1) is 0 Å². The third kappa shape index (κ3) is 5.23. The number of primary amides is 2. The van der Waals surface area contributed by atoms with Crippen molar-refractivity contribution in [3.63, 3.8) is 0 Å². The van der Waals surface area contributed by atoms with Crippen LogP contribution in [0, 0.1) is 0 Å². The summed E-state index contributed by atoms with van der Waals surface area (Å²) in [6.07, 6.45) is 2.83. The predicted molar refractivity (Wildman–Crippen MR) is 78.1 cm³/mol. The van der Waals surface area contributed by atoms with Gasteiger partial charge in [-0.2, -0.15) is 0 Å². The van der Waals surface area contributed by atoms with Gasteiger partial charge in [0.15, 0.2) is 0 Å². The van der Waals surface area contributed by atoms with Gasteiger partial charge in [-0.3, -0.25) is 14.4 Å². The van der Waals surface area contributed by atoms with Gasteiger partial charge < -0.3 is 16.4 Å². The van der Waals surface area contributed by atoms with Gasteiger partial charge in [-0.25, -0.2) is 0 Å². The minimum absolute atomic E-state index is 0.359. The summed E-state index contributed by atoms with van der Waals surface area (Å²) in [6.45, 7) is -0.718. The molecule has 0 aromatic heterocycles. The fourth-order valence-electron chi connectivity index (χ4n) is 1.46. The zero-order valence-corrected chi connectivity index (χ0v) is 12.2. The lowest BCUT2D eigenvalue weighted by Crippen LogP contribution is -2.42. The molecule has 0 saturated heterocycles. The van der Waals surface area contributed by atoms with E-state index in [1.54, 1.807) is 12.1 Å². The van der Waals surface area contributed by atoms with Crippen LogP contribution in [-0.4, -0.2) is 35.7 Å². The summed E-state index contributed by atoms with van der Waals surface area (Å²) in [4.78, 5) is 34.6. The summed E-state index contributed by atoms with van der Waals surface area (Å²) in [6, 6.07) is 7.30. The third-order valence-corrected chi connectivity index (χ3v) is 3.04. The molecule has 0 aliphatic heterocycles. The topological polar surface area (TPSA) is 106 Å². The van der Waals surface area contributed by atoms with Crippen molar-refractivity contribution in [1.29, 1.82) is 0 Å². The third-order valence-electron chi connectivity index (χ3n) is 2.32. The first-order valence-electron chi connectivity index (χ1n) is 5.68. The highest BCUT2D eigenvalue weighted by atomic mass is 79.9. The Balaban J connectivity index is 2.82. The Kier molecular flexibility index (Phi) is 5.92. The Morgan fingerprint density at radius 2 is 1.65 bits per heavy atom. The second-order valence-electron chi connectivity index (χ2n) is 3.98. The van der Waals surface area contributed by atoms with Crippen molar-refractivity contribution in [2.75, 3.05) is 13.1 Å². The first kappa shape index (κ1) is 15.9. The van der Waals surface area contributed by atoms with Crippen LogP contribution in [0.5, 0.6) is 0 Å². The summed E-state index contributed by atoms with van der Waals surface area (Å²) in [5.41, 5.74) is 10.8. The maximum absolute atomic E-state index is 11.9. The predicted octanol–water partition coefficient (Wildman–Crippen LogP) is 0.262. The van der Waals surface area contributed by atoms with E-state index in [0.29, 0.717) is 0 Å². The molecular formula is C13H14BrN3O3. The molecule has 0 bridgehead atoms.